The molecule has 15 heteroatoms. The highest BCUT2D eigenvalue weighted by Crippen LogP contribution is 2.20. The summed E-state index contributed by atoms with van der Waals surface area (Å²) in [6.07, 6.45) is 5.41. The summed E-state index contributed by atoms with van der Waals surface area (Å²) in [6, 6.07) is 7.97. The zero-order chi connectivity index (χ0) is 38.1. The van der Waals surface area contributed by atoms with Crippen molar-refractivity contribution in [2.45, 2.75) is 109 Å². The smallest absolute Gasteiger partial charge is 0.326 e. The highest BCUT2D eigenvalue weighted by Gasteiger charge is 2.35. The van der Waals surface area contributed by atoms with Crippen LogP contribution in [-0.2, 0) is 35.0 Å². The van der Waals surface area contributed by atoms with Gasteiger partial charge in [-0.05, 0) is 90.0 Å². The van der Waals surface area contributed by atoms with Gasteiger partial charge in [-0.15, -0.1) is 0 Å². The number of unbranched alkanes of at least 4 members (excludes halogenated alkanes) is 2. The Morgan fingerprint density at radius 1 is 0.667 bits per heavy atom. The van der Waals surface area contributed by atoms with E-state index in [1.165, 1.54) is 0 Å². The molecule has 1 rings (SSSR count). The normalized spacial score (nSPS) is 15.4. The first-order valence-electron chi connectivity index (χ1n) is 17.9. The summed E-state index contributed by atoms with van der Waals surface area (Å²) >= 11 is 0. The van der Waals surface area contributed by atoms with Crippen molar-refractivity contribution in [3.8, 4) is 0 Å². The van der Waals surface area contributed by atoms with Gasteiger partial charge in [0, 0.05) is 32.5 Å². The van der Waals surface area contributed by atoms with E-state index < -0.39 is 35.5 Å². The van der Waals surface area contributed by atoms with E-state index in [2.05, 4.69) is 15.0 Å². The fourth-order valence-corrected chi connectivity index (χ4v) is 5.17. The molecule has 12 N–H and O–H groups in total. The third-order valence-corrected chi connectivity index (χ3v) is 8.20. The summed E-state index contributed by atoms with van der Waals surface area (Å²) in [4.78, 5) is 51.2. The van der Waals surface area contributed by atoms with E-state index in [-0.39, 0.29) is 38.6 Å². The third-order valence-electron chi connectivity index (χ3n) is 8.20. The minimum Gasteiger partial charge on any atom is -0.465 e. The van der Waals surface area contributed by atoms with E-state index in [4.69, 9.17) is 48.6 Å². The largest absolute Gasteiger partial charge is 0.465 e. The topological polar surface area (TPSA) is 272 Å². The molecule has 0 saturated carbocycles. The molecule has 0 radical (unpaired) electrons. The Morgan fingerprint density at radius 3 is 1.86 bits per heavy atom. The first kappa shape index (κ1) is 44.9. The molecule has 0 bridgehead atoms. The van der Waals surface area contributed by atoms with E-state index in [0.717, 1.165) is 12.0 Å². The van der Waals surface area contributed by atoms with Gasteiger partial charge in [-0.1, -0.05) is 30.3 Å². The van der Waals surface area contributed by atoms with Crippen LogP contribution in [0.3, 0.4) is 0 Å². The Kier molecular flexibility index (Phi) is 22.7. The summed E-state index contributed by atoms with van der Waals surface area (Å²) in [5, 5.41) is 0. The molecule has 4 unspecified atom stereocenters. The summed E-state index contributed by atoms with van der Waals surface area (Å²) in [5.74, 6) is -0.349. The highest BCUT2D eigenvalue weighted by molar-refractivity contribution is 5.81. The van der Waals surface area contributed by atoms with Gasteiger partial charge >= 0.3 is 17.9 Å². The number of amidine groups is 3. The van der Waals surface area contributed by atoms with Gasteiger partial charge in [-0.3, -0.25) is 29.4 Å². The molecule has 0 aliphatic heterocycles. The van der Waals surface area contributed by atoms with Gasteiger partial charge in [-0.25, -0.2) is 0 Å². The summed E-state index contributed by atoms with van der Waals surface area (Å²) < 4.78 is 16.5. The Bertz CT molecular complexity index is 1250. The molecule has 0 fully saturated rings. The van der Waals surface area contributed by atoms with E-state index >= 15 is 0 Å². The lowest BCUT2D eigenvalue weighted by molar-refractivity contribution is -0.154. The van der Waals surface area contributed by atoms with Crippen LogP contribution in [0, 0.1) is 5.92 Å². The predicted octanol–water partition coefficient (Wildman–Crippen LogP) is 1.86. The summed E-state index contributed by atoms with van der Waals surface area (Å²) in [5.41, 5.74) is 35.4. The monoisotopic (exact) mass is 717 g/mol. The number of rotatable bonds is 27. The van der Waals surface area contributed by atoms with Gasteiger partial charge in [0.25, 0.3) is 0 Å². The van der Waals surface area contributed by atoms with Crippen LogP contribution < -0.4 is 34.4 Å². The van der Waals surface area contributed by atoms with E-state index in [1.807, 2.05) is 30.3 Å². The second-order valence-corrected chi connectivity index (χ2v) is 13.0. The Balaban J connectivity index is 2.71. The molecule has 0 saturated heterocycles. The van der Waals surface area contributed by atoms with Crippen LogP contribution in [0.5, 0.6) is 0 Å². The summed E-state index contributed by atoms with van der Waals surface area (Å²) in [6.45, 7) is 6.81. The van der Waals surface area contributed by atoms with Gasteiger partial charge in [0.15, 0.2) is 0 Å². The molecule has 0 aliphatic rings. The number of nitrogens with two attached hydrogens (primary N) is 6. The molecule has 51 heavy (non-hydrogen) atoms. The van der Waals surface area contributed by atoms with E-state index in [0.29, 0.717) is 88.5 Å². The van der Waals surface area contributed by atoms with Gasteiger partial charge in [0.05, 0.1) is 37.3 Å². The molecular weight excluding hydrogens is 654 g/mol. The first-order valence-corrected chi connectivity index (χ1v) is 17.9. The Hall–Kier alpha value is -4.08. The van der Waals surface area contributed by atoms with E-state index in [1.54, 1.807) is 20.8 Å². The van der Waals surface area contributed by atoms with Crippen LogP contribution in [0.4, 0.5) is 0 Å². The van der Waals surface area contributed by atoms with Crippen molar-refractivity contribution in [1.82, 2.24) is 0 Å². The zero-order valence-electron chi connectivity index (χ0n) is 30.9. The van der Waals surface area contributed by atoms with Crippen LogP contribution in [0.2, 0.25) is 0 Å². The lowest BCUT2D eigenvalue weighted by atomic mass is 9.90. The number of hydrogen-bond donors (Lipinski definition) is 6. The lowest BCUT2D eigenvalue weighted by Crippen LogP contribution is -2.50. The Morgan fingerprint density at radius 2 is 1.24 bits per heavy atom. The number of aliphatic imine (C=N–C) groups is 3. The molecule has 0 aliphatic carbocycles. The van der Waals surface area contributed by atoms with Gasteiger partial charge in [0.1, 0.15) is 17.6 Å². The maximum Gasteiger partial charge on any atom is 0.326 e. The molecule has 0 aromatic heterocycles. The number of ether oxygens (including phenoxy) is 3. The van der Waals surface area contributed by atoms with Crippen molar-refractivity contribution in [2.75, 3.05) is 39.5 Å². The number of carbonyl (C=O) groups is 3. The second kappa shape index (κ2) is 25.8. The minimum absolute atomic E-state index is 0.0544. The number of esters is 3. The zero-order valence-corrected chi connectivity index (χ0v) is 30.9. The maximum absolute atomic E-state index is 13.2. The van der Waals surface area contributed by atoms with Crippen LogP contribution in [0.15, 0.2) is 45.3 Å². The molecule has 0 spiro atoms. The molecular formula is C36H63N9O6. The lowest BCUT2D eigenvalue weighted by Gasteiger charge is -2.27. The van der Waals surface area contributed by atoms with Crippen molar-refractivity contribution in [2.24, 2.45) is 55.3 Å². The maximum atomic E-state index is 13.2. The van der Waals surface area contributed by atoms with Gasteiger partial charge in [0.2, 0.25) is 0 Å². The predicted molar refractivity (Wildman–Crippen MR) is 202 cm³/mol. The van der Waals surface area contributed by atoms with Gasteiger partial charge in [-0.2, -0.15) is 0 Å². The molecule has 4 atom stereocenters. The van der Waals surface area contributed by atoms with Crippen LogP contribution >= 0.6 is 0 Å². The molecule has 1 aromatic carbocycles. The van der Waals surface area contributed by atoms with Crippen molar-refractivity contribution in [3.05, 3.63) is 35.9 Å². The Labute approximate surface area is 303 Å². The fourth-order valence-electron chi connectivity index (χ4n) is 5.17. The number of hydrogen-bond acceptors (Lipinski definition) is 12. The number of nitrogens with zero attached hydrogens (tertiary/aromatic N) is 3. The summed E-state index contributed by atoms with van der Waals surface area (Å²) in [7, 11) is 0. The quantitative estimate of drug-likeness (QED) is 0.0250. The fraction of sp³-hybridized carbons (Fsp3) is 0.667. The highest BCUT2D eigenvalue weighted by atomic mass is 16.5. The molecule has 0 heterocycles. The SMILES string of the molecule is CC(N)=NCCCCC(N)C(=O)OCCC(CCN=C(C)N)CC(N)C(=O)OCCC(N)(CCCCN=C(C)N)C(=O)OCCc1ccccc1. The number of benzene rings is 1. The molecule has 288 valence electrons. The van der Waals surface area contributed by atoms with Gasteiger partial charge < -0.3 is 48.6 Å². The standard InChI is InChI=1S/C36H63N9O6/c1-26(37)43-19-9-7-13-31(40)33(46)49-22-16-30(14-21-45-28(3)39)25-32(41)34(47)50-24-18-36(42,17-8-10-20-44-27(2)38)35(48)51-23-15-29-11-5-4-6-12-29/h4-6,11-12,30-32H,7-10,13-25,40-42H2,1-3H3,(H2,37,43)(H2,38,44)(H2,39,45). The van der Waals surface area contributed by atoms with Crippen LogP contribution in [0.1, 0.15) is 90.5 Å². The minimum atomic E-state index is -1.37. The van der Waals surface area contributed by atoms with Crippen molar-refractivity contribution in [3.63, 3.8) is 0 Å². The molecule has 0 amide bonds. The molecule has 1 aromatic rings. The van der Waals surface area contributed by atoms with E-state index in [9.17, 15) is 14.4 Å². The van der Waals surface area contributed by atoms with Crippen LogP contribution in [0.25, 0.3) is 0 Å². The average Bonchev–Trinajstić information content (AvgIpc) is 3.07. The first-order chi connectivity index (χ1) is 24.2. The average molecular weight is 718 g/mol. The molecule has 15 nitrogen and oxygen atoms in total. The number of carbonyl (C=O) groups excluding carboxylic acids is 3. The van der Waals surface area contributed by atoms with Crippen molar-refractivity contribution in [1.29, 1.82) is 0 Å². The second-order valence-electron chi connectivity index (χ2n) is 13.0. The van der Waals surface area contributed by atoms with Crippen molar-refractivity contribution >= 4 is 35.4 Å². The van der Waals surface area contributed by atoms with Crippen molar-refractivity contribution < 1.29 is 28.6 Å². The third kappa shape index (κ3) is 21.7. The van der Waals surface area contributed by atoms with Crippen LogP contribution in [-0.4, -0.2) is 92.5 Å².